The Bertz CT molecular complexity index is 540. The van der Waals surface area contributed by atoms with Crippen molar-refractivity contribution < 1.29 is 4.92 Å². The zero-order chi connectivity index (χ0) is 13.0. The van der Waals surface area contributed by atoms with Gasteiger partial charge in [0.2, 0.25) is 0 Å². The fourth-order valence-corrected chi connectivity index (χ4v) is 2.39. The highest BCUT2D eigenvalue weighted by Gasteiger charge is 2.04. The van der Waals surface area contributed by atoms with Gasteiger partial charge in [0.15, 0.2) is 0 Å². The lowest BCUT2D eigenvalue weighted by molar-refractivity contribution is -0.384. The molecule has 0 atom stereocenters. The summed E-state index contributed by atoms with van der Waals surface area (Å²) in [5.74, 6) is 0.777. The minimum Gasteiger partial charge on any atom is -0.258 e. The van der Waals surface area contributed by atoms with Gasteiger partial charge in [-0.05, 0) is 29.8 Å². The number of nitro benzene ring substituents is 1. The van der Waals surface area contributed by atoms with Crippen LogP contribution in [-0.2, 0) is 5.75 Å². The van der Waals surface area contributed by atoms with E-state index >= 15 is 0 Å². The molecule has 18 heavy (non-hydrogen) atoms. The standard InChI is InChI=1S/C13H10ClNO2S/c14-11-3-7-13(8-4-11)18-9-10-1-5-12(6-2-10)15(16)17/h1-8H,9H2. The number of hydrogen-bond acceptors (Lipinski definition) is 3. The average molecular weight is 280 g/mol. The maximum Gasteiger partial charge on any atom is 0.269 e. The van der Waals surface area contributed by atoms with Gasteiger partial charge in [-0.25, -0.2) is 0 Å². The van der Waals surface area contributed by atoms with Crippen LogP contribution >= 0.6 is 23.4 Å². The van der Waals surface area contributed by atoms with E-state index in [4.69, 9.17) is 11.6 Å². The molecular formula is C13H10ClNO2S. The summed E-state index contributed by atoms with van der Waals surface area (Å²) >= 11 is 7.47. The Morgan fingerprint density at radius 3 is 2.22 bits per heavy atom. The highest BCUT2D eigenvalue weighted by molar-refractivity contribution is 7.98. The zero-order valence-electron chi connectivity index (χ0n) is 9.38. The van der Waals surface area contributed by atoms with Gasteiger partial charge in [0.1, 0.15) is 0 Å². The predicted octanol–water partition coefficient (Wildman–Crippen LogP) is 4.54. The molecule has 0 fully saturated rings. The molecular weight excluding hydrogens is 270 g/mol. The summed E-state index contributed by atoms with van der Waals surface area (Å²) < 4.78 is 0. The molecule has 0 radical (unpaired) electrons. The van der Waals surface area contributed by atoms with E-state index in [9.17, 15) is 10.1 Å². The summed E-state index contributed by atoms with van der Waals surface area (Å²) in [6, 6.07) is 14.2. The van der Waals surface area contributed by atoms with E-state index in [1.807, 2.05) is 24.3 Å². The van der Waals surface area contributed by atoms with Crippen LogP contribution in [0.1, 0.15) is 5.56 Å². The quantitative estimate of drug-likeness (QED) is 0.469. The number of thioether (sulfide) groups is 1. The molecule has 0 aliphatic rings. The molecule has 3 nitrogen and oxygen atoms in total. The predicted molar refractivity (Wildman–Crippen MR) is 74.1 cm³/mol. The maximum atomic E-state index is 10.5. The van der Waals surface area contributed by atoms with E-state index in [-0.39, 0.29) is 5.69 Å². The first kappa shape index (κ1) is 12.9. The van der Waals surface area contributed by atoms with Crippen molar-refractivity contribution in [2.75, 3.05) is 0 Å². The van der Waals surface area contributed by atoms with Crippen LogP contribution in [0.25, 0.3) is 0 Å². The first-order valence-electron chi connectivity index (χ1n) is 5.27. The van der Waals surface area contributed by atoms with E-state index in [0.29, 0.717) is 0 Å². The van der Waals surface area contributed by atoms with Crippen LogP contribution in [-0.4, -0.2) is 4.92 Å². The summed E-state index contributed by atoms with van der Waals surface area (Å²) in [6.45, 7) is 0. The van der Waals surface area contributed by atoms with Crippen LogP contribution in [0.4, 0.5) is 5.69 Å². The van der Waals surface area contributed by atoms with E-state index < -0.39 is 4.92 Å². The number of non-ortho nitro benzene ring substituents is 1. The topological polar surface area (TPSA) is 43.1 Å². The third kappa shape index (κ3) is 3.48. The Balaban J connectivity index is 1.97. The molecule has 0 saturated heterocycles. The second-order valence-corrected chi connectivity index (χ2v) is 5.15. The van der Waals surface area contributed by atoms with Crippen LogP contribution in [0.3, 0.4) is 0 Å². The fraction of sp³-hybridized carbons (Fsp3) is 0.0769. The van der Waals surface area contributed by atoms with Crippen LogP contribution in [0.5, 0.6) is 0 Å². The second-order valence-electron chi connectivity index (χ2n) is 3.67. The molecule has 0 unspecified atom stereocenters. The van der Waals surface area contributed by atoms with Crippen molar-refractivity contribution in [2.24, 2.45) is 0 Å². The Labute approximate surface area is 114 Å². The molecule has 5 heteroatoms. The first-order chi connectivity index (χ1) is 8.65. The lowest BCUT2D eigenvalue weighted by Crippen LogP contribution is -1.88. The van der Waals surface area contributed by atoms with Crippen molar-refractivity contribution in [3.05, 3.63) is 69.2 Å². The summed E-state index contributed by atoms with van der Waals surface area (Å²) in [7, 11) is 0. The summed E-state index contributed by atoms with van der Waals surface area (Å²) in [6.07, 6.45) is 0. The van der Waals surface area contributed by atoms with E-state index in [1.165, 1.54) is 12.1 Å². The van der Waals surface area contributed by atoms with Gasteiger partial charge >= 0.3 is 0 Å². The largest absolute Gasteiger partial charge is 0.269 e. The molecule has 0 N–H and O–H groups in total. The van der Waals surface area contributed by atoms with Gasteiger partial charge in [0.25, 0.3) is 5.69 Å². The molecule has 2 rings (SSSR count). The molecule has 0 aromatic heterocycles. The Morgan fingerprint density at radius 1 is 1.06 bits per heavy atom. The molecule has 0 aliphatic heterocycles. The van der Waals surface area contributed by atoms with Crippen molar-refractivity contribution in [1.82, 2.24) is 0 Å². The van der Waals surface area contributed by atoms with Crippen molar-refractivity contribution in [3.8, 4) is 0 Å². The molecule has 92 valence electrons. The SMILES string of the molecule is O=[N+]([O-])c1ccc(CSc2ccc(Cl)cc2)cc1. The monoisotopic (exact) mass is 279 g/mol. The van der Waals surface area contributed by atoms with E-state index in [2.05, 4.69) is 0 Å². The molecule has 0 heterocycles. The number of nitrogens with zero attached hydrogens (tertiary/aromatic N) is 1. The molecule has 0 bridgehead atoms. The van der Waals surface area contributed by atoms with Crippen LogP contribution in [0, 0.1) is 10.1 Å². The normalized spacial score (nSPS) is 10.3. The van der Waals surface area contributed by atoms with Crippen molar-refractivity contribution in [3.63, 3.8) is 0 Å². The van der Waals surface area contributed by atoms with Gasteiger partial charge in [0, 0.05) is 27.8 Å². The van der Waals surface area contributed by atoms with Crippen LogP contribution < -0.4 is 0 Å². The fourth-order valence-electron chi connectivity index (χ4n) is 1.41. The molecule has 0 aliphatic carbocycles. The van der Waals surface area contributed by atoms with Gasteiger partial charge in [-0.15, -0.1) is 11.8 Å². The van der Waals surface area contributed by atoms with Crippen molar-refractivity contribution in [2.45, 2.75) is 10.6 Å². The number of halogens is 1. The van der Waals surface area contributed by atoms with Crippen molar-refractivity contribution in [1.29, 1.82) is 0 Å². The number of benzene rings is 2. The number of hydrogen-bond donors (Lipinski definition) is 0. The minimum absolute atomic E-state index is 0.121. The number of rotatable bonds is 4. The lowest BCUT2D eigenvalue weighted by atomic mass is 10.2. The summed E-state index contributed by atoms with van der Waals surface area (Å²) in [5.41, 5.74) is 1.18. The molecule has 0 spiro atoms. The smallest absolute Gasteiger partial charge is 0.258 e. The minimum atomic E-state index is -0.393. The van der Waals surface area contributed by atoms with Gasteiger partial charge in [0.05, 0.1) is 4.92 Å². The van der Waals surface area contributed by atoms with Crippen molar-refractivity contribution >= 4 is 29.1 Å². The van der Waals surface area contributed by atoms with Gasteiger partial charge < -0.3 is 0 Å². The summed E-state index contributed by atoms with van der Waals surface area (Å²) in [5, 5.41) is 11.2. The van der Waals surface area contributed by atoms with Gasteiger partial charge in [-0.2, -0.15) is 0 Å². The average Bonchev–Trinajstić information content (AvgIpc) is 2.38. The third-order valence-corrected chi connectivity index (χ3v) is 3.70. The van der Waals surface area contributed by atoms with Gasteiger partial charge in [-0.3, -0.25) is 10.1 Å². The molecule has 2 aromatic carbocycles. The van der Waals surface area contributed by atoms with Crippen LogP contribution in [0.2, 0.25) is 5.02 Å². The van der Waals surface area contributed by atoms with E-state index in [1.54, 1.807) is 23.9 Å². The summed E-state index contributed by atoms with van der Waals surface area (Å²) in [4.78, 5) is 11.2. The Hall–Kier alpha value is -1.52. The lowest BCUT2D eigenvalue weighted by Gasteiger charge is -2.02. The van der Waals surface area contributed by atoms with Gasteiger partial charge in [-0.1, -0.05) is 23.7 Å². The number of nitro groups is 1. The Kier molecular flexibility index (Phi) is 4.23. The molecule has 2 aromatic rings. The van der Waals surface area contributed by atoms with Crippen LogP contribution in [0.15, 0.2) is 53.4 Å². The highest BCUT2D eigenvalue weighted by Crippen LogP contribution is 2.25. The highest BCUT2D eigenvalue weighted by atomic mass is 35.5. The van der Waals surface area contributed by atoms with E-state index in [0.717, 1.165) is 21.2 Å². The zero-order valence-corrected chi connectivity index (χ0v) is 10.9. The third-order valence-electron chi connectivity index (χ3n) is 2.37. The second kappa shape index (κ2) is 5.89. The maximum absolute atomic E-state index is 10.5. The Morgan fingerprint density at radius 2 is 1.67 bits per heavy atom. The first-order valence-corrected chi connectivity index (χ1v) is 6.63. The molecule has 0 saturated carbocycles. The molecule has 0 amide bonds.